The summed E-state index contributed by atoms with van der Waals surface area (Å²) in [5, 5.41) is 11.5. The van der Waals surface area contributed by atoms with Crippen molar-refractivity contribution in [2.24, 2.45) is 0 Å². The molecule has 1 amide bonds. The molecule has 0 saturated heterocycles. The van der Waals surface area contributed by atoms with E-state index < -0.39 is 0 Å². The fourth-order valence-corrected chi connectivity index (χ4v) is 4.53. The highest BCUT2D eigenvalue weighted by molar-refractivity contribution is 8.00. The first-order valence-electron chi connectivity index (χ1n) is 7.26. The van der Waals surface area contributed by atoms with Crippen LogP contribution in [0.4, 0.5) is 5.82 Å². The van der Waals surface area contributed by atoms with Gasteiger partial charge in [0.2, 0.25) is 5.91 Å². The number of aryl methyl sites for hydroxylation is 1. The zero-order valence-corrected chi connectivity index (χ0v) is 14.5. The standard InChI is InChI=1S/C15H17N3O3S2/c1-3-21-12(20)6-18-15-13(9(2)17-18)14(10-4-5-22-7-10)23-8-11(19)16-15/h4-5,7,14H,3,6,8H2,1-2H3,(H,16,19). The van der Waals surface area contributed by atoms with Crippen LogP contribution in [0.1, 0.15) is 29.0 Å². The number of ether oxygens (including phenoxy) is 1. The van der Waals surface area contributed by atoms with Crippen LogP contribution >= 0.6 is 23.1 Å². The second-order valence-corrected chi connectivity index (χ2v) is 6.98. The molecule has 0 bridgehead atoms. The van der Waals surface area contributed by atoms with Crippen molar-refractivity contribution >= 4 is 40.8 Å². The lowest BCUT2D eigenvalue weighted by molar-refractivity contribution is -0.144. The van der Waals surface area contributed by atoms with Crippen molar-refractivity contribution in [1.82, 2.24) is 9.78 Å². The molecule has 2 aromatic heterocycles. The number of carbonyl (C=O) groups is 2. The third-order valence-electron chi connectivity index (χ3n) is 3.50. The number of nitrogens with one attached hydrogen (secondary N) is 1. The molecule has 2 aromatic rings. The zero-order valence-electron chi connectivity index (χ0n) is 12.9. The quantitative estimate of drug-likeness (QED) is 0.857. The summed E-state index contributed by atoms with van der Waals surface area (Å²) in [7, 11) is 0. The van der Waals surface area contributed by atoms with Crippen LogP contribution in [0.5, 0.6) is 0 Å². The van der Waals surface area contributed by atoms with E-state index in [0.29, 0.717) is 18.2 Å². The third kappa shape index (κ3) is 3.28. The first-order valence-corrected chi connectivity index (χ1v) is 9.25. The average molecular weight is 351 g/mol. The van der Waals surface area contributed by atoms with Crippen molar-refractivity contribution < 1.29 is 14.3 Å². The van der Waals surface area contributed by atoms with Crippen LogP contribution in [-0.4, -0.2) is 34.0 Å². The Kier molecular flexibility index (Phi) is 4.72. The smallest absolute Gasteiger partial charge is 0.327 e. The molecular formula is C15H17N3O3S2. The fraction of sp³-hybridized carbons (Fsp3) is 0.400. The van der Waals surface area contributed by atoms with Crippen molar-refractivity contribution in [3.8, 4) is 0 Å². The van der Waals surface area contributed by atoms with E-state index in [1.807, 2.05) is 12.3 Å². The van der Waals surface area contributed by atoms with E-state index in [4.69, 9.17) is 4.74 Å². The molecule has 0 radical (unpaired) electrons. The minimum atomic E-state index is -0.365. The Bertz CT molecular complexity index is 725. The molecule has 1 aliphatic rings. The summed E-state index contributed by atoms with van der Waals surface area (Å²) < 4.78 is 6.52. The van der Waals surface area contributed by atoms with Gasteiger partial charge >= 0.3 is 5.97 Å². The van der Waals surface area contributed by atoms with Crippen molar-refractivity contribution in [1.29, 1.82) is 0 Å². The van der Waals surface area contributed by atoms with Crippen molar-refractivity contribution in [2.75, 3.05) is 17.7 Å². The molecule has 0 fully saturated rings. The third-order valence-corrected chi connectivity index (χ3v) is 5.48. The Morgan fingerprint density at radius 3 is 3.09 bits per heavy atom. The number of aromatic nitrogens is 2. The summed E-state index contributed by atoms with van der Waals surface area (Å²) in [6.07, 6.45) is 0. The van der Waals surface area contributed by atoms with E-state index >= 15 is 0 Å². The number of fused-ring (bicyclic) bond motifs is 1. The Morgan fingerprint density at radius 2 is 2.39 bits per heavy atom. The molecule has 1 N–H and O–H groups in total. The van der Waals surface area contributed by atoms with Gasteiger partial charge in [0.1, 0.15) is 12.4 Å². The molecule has 8 heteroatoms. The number of hydrogen-bond acceptors (Lipinski definition) is 6. The second kappa shape index (κ2) is 6.76. The number of thiophene rings is 1. The molecule has 6 nitrogen and oxygen atoms in total. The summed E-state index contributed by atoms with van der Waals surface area (Å²) in [5.41, 5.74) is 2.93. The van der Waals surface area contributed by atoms with Gasteiger partial charge in [-0.25, -0.2) is 4.68 Å². The minimum absolute atomic E-state index is 0.00861. The van der Waals surface area contributed by atoms with Gasteiger partial charge in [0.05, 0.1) is 23.3 Å². The number of esters is 1. The molecule has 122 valence electrons. The molecule has 3 rings (SSSR count). The maximum absolute atomic E-state index is 12.0. The predicted molar refractivity (Wildman–Crippen MR) is 90.8 cm³/mol. The Balaban J connectivity index is 2.02. The summed E-state index contributed by atoms with van der Waals surface area (Å²) in [6, 6.07) is 2.06. The van der Waals surface area contributed by atoms with E-state index in [0.717, 1.165) is 16.8 Å². The van der Waals surface area contributed by atoms with Gasteiger partial charge < -0.3 is 10.1 Å². The largest absolute Gasteiger partial charge is 0.465 e. The number of amides is 1. The predicted octanol–water partition coefficient (Wildman–Crippen LogP) is 2.59. The molecule has 0 aromatic carbocycles. The molecule has 1 aliphatic heterocycles. The van der Waals surface area contributed by atoms with Crippen LogP contribution in [0, 0.1) is 6.92 Å². The first-order chi connectivity index (χ1) is 11.1. The maximum atomic E-state index is 12.0. The van der Waals surface area contributed by atoms with Crippen LogP contribution in [-0.2, 0) is 20.9 Å². The number of carbonyl (C=O) groups excluding carboxylic acids is 2. The number of nitrogens with zero attached hydrogens (tertiary/aromatic N) is 2. The van der Waals surface area contributed by atoms with E-state index in [2.05, 4.69) is 21.9 Å². The Morgan fingerprint density at radius 1 is 1.57 bits per heavy atom. The summed E-state index contributed by atoms with van der Waals surface area (Å²) >= 11 is 3.20. The van der Waals surface area contributed by atoms with Crippen molar-refractivity contribution in [3.05, 3.63) is 33.6 Å². The molecule has 23 heavy (non-hydrogen) atoms. The normalized spacial score (nSPS) is 17.3. The van der Waals surface area contributed by atoms with Crippen LogP contribution in [0.3, 0.4) is 0 Å². The lowest BCUT2D eigenvalue weighted by Crippen LogP contribution is -2.20. The first kappa shape index (κ1) is 16.1. The molecule has 3 heterocycles. The highest BCUT2D eigenvalue weighted by Gasteiger charge is 2.30. The maximum Gasteiger partial charge on any atom is 0.327 e. The molecule has 0 aliphatic carbocycles. The van der Waals surface area contributed by atoms with Crippen LogP contribution in [0.15, 0.2) is 16.8 Å². The SMILES string of the molecule is CCOC(=O)Cn1nc(C)c2c1NC(=O)CSC2c1ccsc1. The monoisotopic (exact) mass is 351 g/mol. The summed E-state index contributed by atoms with van der Waals surface area (Å²) in [5.74, 6) is 0.519. The lowest BCUT2D eigenvalue weighted by atomic mass is 10.1. The fourth-order valence-electron chi connectivity index (χ4n) is 2.58. The molecule has 1 atom stereocenters. The van der Waals surface area contributed by atoms with E-state index in [-0.39, 0.29) is 23.7 Å². The molecule has 0 saturated carbocycles. The van der Waals surface area contributed by atoms with Gasteiger partial charge in [-0.15, -0.1) is 11.8 Å². The van der Waals surface area contributed by atoms with Gasteiger partial charge in [-0.1, -0.05) is 0 Å². The summed E-state index contributed by atoms with van der Waals surface area (Å²) in [6.45, 7) is 3.97. The molecule has 0 spiro atoms. The van der Waals surface area contributed by atoms with E-state index in [9.17, 15) is 9.59 Å². The van der Waals surface area contributed by atoms with Gasteiger partial charge in [0.15, 0.2) is 0 Å². The number of anilines is 1. The topological polar surface area (TPSA) is 73.2 Å². The Hall–Kier alpha value is -1.80. The van der Waals surface area contributed by atoms with Crippen LogP contribution < -0.4 is 5.32 Å². The van der Waals surface area contributed by atoms with Crippen molar-refractivity contribution in [3.63, 3.8) is 0 Å². The van der Waals surface area contributed by atoms with Crippen LogP contribution in [0.25, 0.3) is 0 Å². The highest BCUT2D eigenvalue weighted by Crippen LogP contribution is 2.43. The summed E-state index contributed by atoms with van der Waals surface area (Å²) in [4.78, 5) is 23.8. The average Bonchev–Trinajstić information content (AvgIpc) is 3.07. The second-order valence-electron chi connectivity index (χ2n) is 5.11. The van der Waals surface area contributed by atoms with E-state index in [1.165, 1.54) is 4.68 Å². The van der Waals surface area contributed by atoms with Gasteiger partial charge in [-0.2, -0.15) is 16.4 Å². The van der Waals surface area contributed by atoms with E-state index in [1.54, 1.807) is 30.0 Å². The Labute approximate surface area is 142 Å². The molecule has 1 unspecified atom stereocenters. The number of thioether (sulfide) groups is 1. The number of hydrogen-bond donors (Lipinski definition) is 1. The van der Waals surface area contributed by atoms with Crippen LogP contribution in [0.2, 0.25) is 0 Å². The minimum Gasteiger partial charge on any atom is -0.465 e. The van der Waals surface area contributed by atoms with Gasteiger partial charge in [0.25, 0.3) is 0 Å². The number of rotatable bonds is 4. The van der Waals surface area contributed by atoms with Gasteiger partial charge in [-0.3, -0.25) is 9.59 Å². The molecular weight excluding hydrogens is 334 g/mol. The lowest BCUT2D eigenvalue weighted by Gasteiger charge is -2.13. The highest BCUT2D eigenvalue weighted by atomic mass is 32.2. The van der Waals surface area contributed by atoms with Gasteiger partial charge in [0, 0.05) is 5.56 Å². The van der Waals surface area contributed by atoms with Crippen molar-refractivity contribution in [2.45, 2.75) is 25.6 Å². The van der Waals surface area contributed by atoms with Gasteiger partial charge in [-0.05, 0) is 36.2 Å². The zero-order chi connectivity index (χ0) is 16.4.